The molecule has 21 heavy (non-hydrogen) atoms. The minimum absolute atomic E-state index is 0.183. The molecule has 108 valence electrons. The summed E-state index contributed by atoms with van der Waals surface area (Å²) in [6, 6.07) is 10.7. The smallest absolute Gasteiger partial charge is 0.261 e. The number of nitrogens with two attached hydrogens (primary N) is 1. The Labute approximate surface area is 133 Å². The second kappa shape index (κ2) is 5.58. The molecular weight excluding hydrogens is 307 g/mol. The van der Waals surface area contributed by atoms with E-state index in [1.807, 2.05) is 18.2 Å². The van der Waals surface area contributed by atoms with Crippen LogP contribution in [-0.4, -0.2) is 12.5 Å². The quantitative estimate of drug-likeness (QED) is 0.801. The van der Waals surface area contributed by atoms with Gasteiger partial charge in [-0.3, -0.25) is 4.79 Å². The first-order chi connectivity index (χ1) is 10.1. The number of rotatable bonds is 1. The number of benzene rings is 2. The lowest BCUT2D eigenvalue weighted by Crippen LogP contribution is -2.35. The third-order valence-electron chi connectivity index (χ3n) is 3.65. The summed E-state index contributed by atoms with van der Waals surface area (Å²) in [5.41, 5.74) is 8.80. The van der Waals surface area contributed by atoms with Gasteiger partial charge in [-0.2, -0.15) is 0 Å². The number of fused-ring (bicyclic) bond motifs is 1. The van der Waals surface area contributed by atoms with Crippen LogP contribution in [0.1, 0.15) is 22.3 Å². The molecule has 0 bridgehead atoms. The first kappa shape index (κ1) is 14.2. The van der Waals surface area contributed by atoms with Crippen molar-refractivity contribution in [1.82, 2.24) is 0 Å². The maximum Gasteiger partial charge on any atom is 0.261 e. The van der Waals surface area contributed by atoms with Crippen molar-refractivity contribution in [3.63, 3.8) is 0 Å². The number of nitrogens with zero attached hydrogens (tertiary/aromatic N) is 1. The van der Waals surface area contributed by atoms with Crippen molar-refractivity contribution in [1.29, 1.82) is 0 Å². The average molecular weight is 321 g/mol. The predicted molar refractivity (Wildman–Crippen MR) is 87.3 cm³/mol. The number of carbonyl (C=O) groups excluding carboxylic acids is 1. The summed E-state index contributed by atoms with van der Waals surface area (Å²) in [6.45, 7) is 0.636. The minimum Gasteiger partial charge on any atom is -0.399 e. The molecule has 1 amide bonds. The molecule has 3 nitrogen and oxygen atoms in total. The van der Waals surface area contributed by atoms with Crippen molar-refractivity contribution >= 4 is 40.5 Å². The Hall–Kier alpha value is -1.71. The van der Waals surface area contributed by atoms with Crippen LogP contribution in [0.15, 0.2) is 36.4 Å². The molecule has 3 rings (SSSR count). The lowest BCUT2D eigenvalue weighted by Gasteiger charge is -2.30. The van der Waals surface area contributed by atoms with Gasteiger partial charge in [-0.1, -0.05) is 35.3 Å². The Balaban J connectivity index is 2.06. The van der Waals surface area contributed by atoms with Crippen molar-refractivity contribution in [2.24, 2.45) is 0 Å². The molecule has 0 atom stereocenters. The summed E-state index contributed by atoms with van der Waals surface area (Å²) in [5.74, 6) is -0.183. The summed E-state index contributed by atoms with van der Waals surface area (Å²) in [7, 11) is 0. The molecule has 0 unspecified atom stereocenters. The zero-order chi connectivity index (χ0) is 15.0. The maximum atomic E-state index is 12.8. The second-order valence-electron chi connectivity index (χ2n) is 5.05. The van der Waals surface area contributed by atoms with E-state index in [9.17, 15) is 4.79 Å². The van der Waals surface area contributed by atoms with Crippen LogP contribution in [0.25, 0.3) is 0 Å². The molecule has 0 radical (unpaired) electrons. The van der Waals surface area contributed by atoms with E-state index < -0.39 is 0 Å². The Morgan fingerprint density at radius 1 is 1.14 bits per heavy atom. The fraction of sp³-hybridized carbons (Fsp3) is 0.188. The Morgan fingerprint density at radius 3 is 2.57 bits per heavy atom. The van der Waals surface area contributed by atoms with E-state index in [1.165, 1.54) is 0 Å². The van der Waals surface area contributed by atoms with Gasteiger partial charge in [0.25, 0.3) is 5.91 Å². The van der Waals surface area contributed by atoms with Crippen molar-refractivity contribution in [3.05, 3.63) is 57.6 Å². The SMILES string of the molecule is Nc1ccc2c(c1)N(C(=O)c1c(Cl)cccc1Cl)CCC2. The van der Waals surface area contributed by atoms with Gasteiger partial charge < -0.3 is 10.6 Å². The number of anilines is 2. The molecule has 2 aromatic rings. The predicted octanol–water partition coefficient (Wildman–Crippen LogP) is 4.17. The maximum absolute atomic E-state index is 12.8. The normalized spacial score (nSPS) is 13.9. The molecule has 1 heterocycles. The summed E-state index contributed by atoms with van der Waals surface area (Å²) in [4.78, 5) is 14.5. The molecule has 0 fully saturated rings. The van der Waals surface area contributed by atoms with E-state index in [0.29, 0.717) is 27.8 Å². The molecule has 0 spiro atoms. The van der Waals surface area contributed by atoms with Crippen molar-refractivity contribution in [3.8, 4) is 0 Å². The van der Waals surface area contributed by atoms with E-state index in [-0.39, 0.29) is 5.91 Å². The zero-order valence-corrected chi connectivity index (χ0v) is 12.8. The first-order valence-electron chi connectivity index (χ1n) is 6.72. The summed E-state index contributed by atoms with van der Waals surface area (Å²) in [5, 5.41) is 0.729. The first-order valence-corrected chi connectivity index (χ1v) is 7.48. The van der Waals surface area contributed by atoms with Crippen LogP contribution in [-0.2, 0) is 6.42 Å². The van der Waals surface area contributed by atoms with Gasteiger partial charge in [0.1, 0.15) is 0 Å². The molecule has 0 aromatic heterocycles. The zero-order valence-electron chi connectivity index (χ0n) is 11.3. The van der Waals surface area contributed by atoms with Crippen LogP contribution in [0.3, 0.4) is 0 Å². The summed E-state index contributed by atoms with van der Waals surface area (Å²) in [6.07, 6.45) is 1.85. The Morgan fingerprint density at radius 2 is 1.86 bits per heavy atom. The van der Waals surface area contributed by atoms with E-state index in [4.69, 9.17) is 28.9 Å². The molecule has 2 aromatic carbocycles. The highest BCUT2D eigenvalue weighted by molar-refractivity contribution is 6.40. The largest absolute Gasteiger partial charge is 0.399 e. The van der Waals surface area contributed by atoms with Gasteiger partial charge in [0.15, 0.2) is 0 Å². The highest BCUT2D eigenvalue weighted by Gasteiger charge is 2.26. The van der Waals surface area contributed by atoms with E-state index in [2.05, 4.69) is 0 Å². The molecule has 0 saturated carbocycles. The van der Waals surface area contributed by atoms with Crippen LogP contribution in [0.5, 0.6) is 0 Å². The molecule has 5 heteroatoms. The minimum atomic E-state index is -0.183. The standard InChI is InChI=1S/C16H14Cl2N2O/c17-12-4-1-5-13(18)15(12)16(21)20-8-2-3-10-6-7-11(19)9-14(10)20/h1,4-7,9H,2-3,8,19H2. The molecule has 1 aliphatic rings. The van der Waals surface area contributed by atoms with E-state index in [1.54, 1.807) is 23.1 Å². The van der Waals surface area contributed by atoms with Crippen molar-refractivity contribution in [2.75, 3.05) is 17.2 Å². The Bertz CT molecular complexity index is 695. The van der Waals surface area contributed by atoms with Gasteiger partial charge in [-0.05, 0) is 42.7 Å². The number of aryl methyl sites for hydroxylation is 1. The monoisotopic (exact) mass is 320 g/mol. The molecular formula is C16H14Cl2N2O. The third-order valence-corrected chi connectivity index (χ3v) is 4.28. The number of nitrogen functional groups attached to an aromatic ring is 1. The van der Waals surface area contributed by atoms with Gasteiger partial charge in [0, 0.05) is 17.9 Å². The number of hydrogen-bond donors (Lipinski definition) is 1. The van der Waals surface area contributed by atoms with Gasteiger partial charge >= 0.3 is 0 Å². The molecule has 2 N–H and O–H groups in total. The van der Waals surface area contributed by atoms with Crippen molar-refractivity contribution in [2.45, 2.75) is 12.8 Å². The highest BCUT2D eigenvalue weighted by atomic mass is 35.5. The second-order valence-corrected chi connectivity index (χ2v) is 5.86. The Kier molecular flexibility index (Phi) is 3.79. The molecule has 0 saturated heterocycles. The highest BCUT2D eigenvalue weighted by Crippen LogP contribution is 2.33. The third kappa shape index (κ3) is 2.59. The lowest BCUT2D eigenvalue weighted by atomic mass is 10.00. The van der Waals surface area contributed by atoms with Crippen LogP contribution >= 0.6 is 23.2 Å². The van der Waals surface area contributed by atoms with Gasteiger partial charge in [-0.15, -0.1) is 0 Å². The summed E-state index contributed by atoms with van der Waals surface area (Å²) >= 11 is 12.3. The number of hydrogen-bond acceptors (Lipinski definition) is 2. The number of carbonyl (C=O) groups is 1. The molecule has 1 aliphatic heterocycles. The van der Waals surface area contributed by atoms with Crippen LogP contribution in [0.2, 0.25) is 10.0 Å². The summed E-state index contributed by atoms with van der Waals surface area (Å²) < 4.78 is 0. The fourth-order valence-electron chi connectivity index (χ4n) is 2.64. The van der Waals surface area contributed by atoms with E-state index >= 15 is 0 Å². The average Bonchev–Trinajstić information content (AvgIpc) is 2.46. The van der Waals surface area contributed by atoms with Crippen LogP contribution in [0, 0.1) is 0 Å². The van der Waals surface area contributed by atoms with Gasteiger partial charge in [-0.25, -0.2) is 0 Å². The van der Waals surface area contributed by atoms with Crippen molar-refractivity contribution < 1.29 is 4.79 Å². The van der Waals surface area contributed by atoms with Crippen LogP contribution in [0.4, 0.5) is 11.4 Å². The number of halogens is 2. The van der Waals surface area contributed by atoms with Gasteiger partial charge in [0.2, 0.25) is 0 Å². The topological polar surface area (TPSA) is 46.3 Å². The fourth-order valence-corrected chi connectivity index (χ4v) is 3.20. The van der Waals surface area contributed by atoms with E-state index in [0.717, 1.165) is 24.1 Å². The lowest BCUT2D eigenvalue weighted by molar-refractivity contribution is 0.0985. The molecule has 0 aliphatic carbocycles. The number of amides is 1. The van der Waals surface area contributed by atoms with Gasteiger partial charge in [0.05, 0.1) is 15.6 Å². The van der Waals surface area contributed by atoms with Crippen LogP contribution < -0.4 is 10.6 Å².